The van der Waals surface area contributed by atoms with Crippen molar-refractivity contribution in [3.8, 4) is 0 Å². The molecule has 1 saturated carbocycles. The second-order valence-electron chi connectivity index (χ2n) is 5.52. The molecule has 0 unspecified atom stereocenters. The van der Waals surface area contributed by atoms with Gasteiger partial charge in [-0.05, 0) is 25.8 Å². The molecule has 0 atom stereocenters. The Labute approximate surface area is 120 Å². The largest absolute Gasteiger partial charge is 0.398 e. The van der Waals surface area contributed by atoms with Crippen LogP contribution in [0.3, 0.4) is 0 Å². The Morgan fingerprint density at radius 2 is 2.05 bits per heavy atom. The van der Waals surface area contributed by atoms with Gasteiger partial charge in [-0.2, -0.15) is 0 Å². The van der Waals surface area contributed by atoms with Crippen molar-refractivity contribution in [2.75, 3.05) is 12.3 Å². The van der Waals surface area contributed by atoms with Gasteiger partial charge in [0.25, 0.3) is 0 Å². The molecule has 0 saturated heterocycles. The minimum Gasteiger partial charge on any atom is -0.398 e. The van der Waals surface area contributed by atoms with E-state index in [1.54, 1.807) is 18.5 Å². The predicted molar refractivity (Wildman–Crippen MR) is 79.4 cm³/mol. The molecular formula is C16H24N2O2. The van der Waals surface area contributed by atoms with E-state index < -0.39 is 5.60 Å². The zero-order chi connectivity index (χ0) is 14.4. The van der Waals surface area contributed by atoms with Gasteiger partial charge in [-0.3, -0.25) is 9.78 Å². The maximum atomic E-state index is 12.8. The first-order valence-electron chi connectivity index (χ1n) is 7.53. The van der Waals surface area contributed by atoms with E-state index >= 15 is 0 Å². The fraction of sp³-hybridized carbons (Fsp3) is 0.625. The molecule has 1 aliphatic rings. The smallest absolute Gasteiger partial charge is 0.169 e. The molecule has 110 valence electrons. The maximum Gasteiger partial charge on any atom is 0.169 e. The molecule has 1 aromatic heterocycles. The van der Waals surface area contributed by atoms with Crippen molar-refractivity contribution in [2.24, 2.45) is 0 Å². The number of rotatable bonds is 5. The van der Waals surface area contributed by atoms with Gasteiger partial charge >= 0.3 is 0 Å². The Morgan fingerprint density at radius 1 is 1.35 bits per heavy atom. The molecule has 1 heterocycles. The molecule has 4 heteroatoms. The predicted octanol–water partition coefficient (Wildman–Crippen LogP) is 2.90. The van der Waals surface area contributed by atoms with Gasteiger partial charge in [0, 0.05) is 36.7 Å². The van der Waals surface area contributed by atoms with E-state index in [2.05, 4.69) is 4.98 Å². The van der Waals surface area contributed by atoms with E-state index in [0.29, 0.717) is 18.7 Å². The van der Waals surface area contributed by atoms with Gasteiger partial charge in [0.15, 0.2) is 5.78 Å². The van der Waals surface area contributed by atoms with E-state index in [-0.39, 0.29) is 5.78 Å². The Kier molecular flexibility index (Phi) is 5.12. The van der Waals surface area contributed by atoms with E-state index in [1.165, 1.54) is 12.8 Å². The third kappa shape index (κ3) is 3.37. The van der Waals surface area contributed by atoms with Crippen LogP contribution in [0.5, 0.6) is 0 Å². The number of anilines is 1. The SMILES string of the molecule is CCOC1(C(=O)Cc2cnccc2N)CCCCCC1. The minimum absolute atomic E-state index is 0.154. The van der Waals surface area contributed by atoms with Crippen molar-refractivity contribution in [3.63, 3.8) is 0 Å². The molecule has 2 N–H and O–H groups in total. The normalized spacial score (nSPS) is 18.4. The van der Waals surface area contributed by atoms with Crippen LogP contribution in [0.1, 0.15) is 51.0 Å². The molecule has 1 aromatic rings. The molecule has 0 spiro atoms. The fourth-order valence-corrected chi connectivity index (χ4v) is 3.00. The molecule has 0 bridgehead atoms. The van der Waals surface area contributed by atoms with Gasteiger partial charge in [0.2, 0.25) is 0 Å². The van der Waals surface area contributed by atoms with E-state index in [9.17, 15) is 4.79 Å². The van der Waals surface area contributed by atoms with Crippen molar-refractivity contribution in [1.29, 1.82) is 0 Å². The number of nitrogens with zero attached hydrogens (tertiary/aromatic N) is 1. The average Bonchev–Trinajstić information content (AvgIpc) is 2.68. The highest BCUT2D eigenvalue weighted by molar-refractivity contribution is 5.90. The van der Waals surface area contributed by atoms with Gasteiger partial charge in [-0.25, -0.2) is 0 Å². The molecule has 0 aromatic carbocycles. The summed E-state index contributed by atoms with van der Waals surface area (Å²) < 4.78 is 5.91. The average molecular weight is 276 g/mol. The van der Waals surface area contributed by atoms with Crippen molar-refractivity contribution < 1.29 is 9.53 Å². The summed E-state index contributed by atoms with van der Waals surface area (Å²) in [6.45, 7) is 2.53. The van der Waals surface area contributed by atoms with Gasteiger partial charge in [0.1, 0.15) is 5.60 Å². The van der Waals surface area contributed by atoms with Crippen molar-refractivity contribution >= 4 is 11.5 Å². The number of carbonyl (C=O) groups excluding carboxylic acids is 1. The highest BCUT2D eigenvalue weighted by Gasteiger charge is 2.38. The Hall–Kier alpha value is -1.42. The second kappa shape index (κ2) is 6.84. The minimum atomic E-state index is -0.604. The van der Waals surface area contributed by atoms with Gasteiger partial charge in [-0.1, -0.05) is 25.7 Å². The van der Waals surface area contributed by atoms with Gasteiger partial charge in [-0.15, -0.1) is 0 Å². The summed E-state index contributed by atoms with van der Waals surface area (Å²) in [5, 5.41) is 0. The molecule has 0 aliphatic heterocycles. The summed E-state index contributed by atoms with van der Waals surface area (Å²) in [6.07, 6.45) is 9.83. The number of hydrogen-bond acceptors (Lipinski definition) is 4. The lowest BCUT2D eigenvalue weighted by atomic mass is 9.86. The lowest BCUT2D eigenvalue weighted by Gasteiger charge is -2.31. The standard InChI is InChI=1S/C16H24N2O2/c1-2-20-16(8-5-3-4-6-9-16)15(19)11-13-12-18-10-7-14(13)17/h7,10,12H,2-6,8-9,11H2,1H3,(H2,17,18). The second-order valence-corrected chi connectivity index (χ2v) is 5.52. The van der Waals surface area contributed by atoms with Crippen LogP contribution in [0.25, 0.3) is 0 Å². The lowest BCUT2D eigenvalue weighted by molar-refractivity contribution is -0.145. The zero-order valence-corrected chi connectivity index (χ0v) is 12.2. The van der Waals surface area contributed by atoms with Crippen LogP contribution in [0.2, 0.25) is 0 Å². The summed E-state index contributed by atoms with van der Waals surface area (Å²) >= 11 is 0. The molecule has 2 rings (SSSR count). The quantitative estimate of drug-likeness (QED) is 0.840. The van der Waals surface area contributed by atoms with Crippen LogP contribution in [0.4, 0.5) is 5.69 Å². The first kappa shape index (κ1) is 15.0. The third-order valence-electron chi connectivity index (χ3n) is 4.13. The number of nitrogen functional groups attached to an aromatic ring is 1. The fourth-order valence-electron chi connectivity index (χ4n) is 3.00. The van der Waals surface area contributed by atoms with E-state index in [1.807, 2.05) is 6.92 Å². The molecule has 0 amide bonds. The zero-order valence-electron chi connectivity index (χ0n) is 12.2. The number of carbonyl (C=O) groups is 1. The number of ketones is 1. The van der Waals surface area contributed by atoms with Gasteiger partial charge < -0.3 is 10.5 Å². The van der Waals surface area contributed by atoms with Crippen LogP contribution in [-0.4, -0.2) is 23.0 Å². The highest BCUT2D eigenvalue weighted by Crippen LogP contribution is 2.32. The number of nitrogens with two attached hydrogens (primary N) is 1. The molecule has 4 nitrogen and oxygen atoms in total. The number of pyridine rings is 1. The number of Topliss-reactive ketones (excluding diaryl/α,β-unsaturated/α-hetero) is 1. The number of aromatic nitrogens is 1. The first-order chi connectivity index (χ1) is 9.68. The molecule has 20 heavy (non-hydrogen) atoms. The van der Waals surface area contributed by atoms with Crippen LogP contribution >= 0.6 is 0 Å². The maximum absolute atomic E-state index is 12.8. The summed E-state index contributed by atoms with van der Waals surface area (Å²) in [6, 6.07) is 1.74. The lowest BCUT2D eigenvalue weighted by Crippen LogP contribution is -2.42. The Bertz CT molecular complexity index is 452. The summed E-state index contributed by atoms with van der Waals surface area (Å²) in [5.41, 5.74) is 6.75. The third-order valence-corrected chi connectivity index (χ3v) is 4.13. The van der Waals surface area contributed by atoms with Crippen LogP contribution in [0.15, 0.2) is 18.5 Å². The molecule has 1 fully saturated rings. The van der Waals surface area contributed by atoms with Crippen LogP contribution in [-0.2, 0) is 16.0 Å². The van der Waals surface area contributed by atoms with Crippen molar-refractivity contribution in [1.82, 2.24) is 4.98 Å². The van der Waals surface area contributed by atoms with Crippen LogP contribution in [0, 0.1) is 0 Å². The monoisotopic (exact) mass is 276 g/mol. The van der Waals surface area contributed by atoms with Crippen molar-refractivity contribution in [2.45, 2.75) is 57.5 Å². The Balaban J connectivity index is 2.16. The first-order valence-corrected chi connectivity index (χ1v) is 7.53. The topological polar surface area (TPSA) is 65.2 Å². The summed E-state index contributed by atoms with van der Waals surface area (Å²) in [7, 11) is 0. The van der Waals surface area contributed by atoms with E-state index in [0.717, 1.165) is 31.2 Å². The van der Waals surface area contributed by atoms with Gasteiger partial charge in [0.05, 0.1) is 0 Å². The van der Waals surface area contributed by atoms with Crippen LogP contribution < -0.4 is 5.73 Å². The number of hydrogen-bond donors (Lipinski definition) is 1. The number of ether oxygens (including phenoxy) is 1. The summed E-state index contributed by atoms with van der Waals surface area (Å²) in [4.78, 5) is 16.8. The summed E-state index contributed by atoms with van der Waals surface area (Å²) in [5.74, 6) is 0.154. The molecular weight excluding hydrogens is 252 g/mol. The van der Waals surface area contributed by atoms with E-state index in [4.69, 9.17) is 10.5 Å². The molecule has 0 radical (unpaired) electrons. The Morgan fingerprint density at radius 3 is 2.65 bits per heavy atom. The molecule has 1 aliphatic carbocycles. The van der Waals surface area contributed by atoms with Crippen molar-refractivity contribution in [3.05, 3.63) is 24.0 Å². The highest BCUT2D eigenvalue weighted by atomic mass is 16.5.